The van der Waals surface area contributed by atoms with Crippen molar-refractivity contribution in [3.8, 4) is 0 Å². The third kappa shape index (κ3) is 2.01. The van der Waals surface area contributed by atoms with Crippen molar-refractivity contribution in [2.75, 3.05) is 18.8 Å². The minimum atomic E-state index is 0.626. The molecule has 0 spiro atoms. The van der Waals surface area contributed by atoms with E-state index in [1.165, 1.54) is 32.4 Å². The fourth-order valence-corrected chi connectivity index (χ4v) is 4.45. The van der Waals surface area contributed by atoms with Crippen LogP contribution in [0.5, 0.6) is 0 Å². The van der Waals surface area contributed by atoms with Crippen molar-refractivity contribution in [2.24, 2.45) is 11.8 Å². The van der Waals surface area contributed by atoms with E-state index < -0.39 is 0 Å². The molecule has 1 aliphatic heterocycles. The molecule has 1 saturated heterocycles. The van der Waals surface area contributed by atoms with Crippen LogP contribution in [0.3, 0.4) is 0 Å². The van der Waals surface area contributed by atoms with Gasteiger partial charge in [-0.25, -0.2) is 9.97 Å². The summed E-state index contributed by atoms with van der Waals surface area (Å²) in [5.74, 6) is 3.35. The third-order valence-corrected chi connectivity index (χ3v) is 5.37. The Hall–Kier alpha value is -1.20. The average Bonchev–Trinajstić information content (AvgIpc) is 3.02. The zero-order valence-corrected chi connectivity index (χ0v) is 11.7. The van der Waals surface area contributed by atoms with E-state index in [4.69, 9.17) is 5.73 Å². The highest BCUT2D eigenvalue weighted by molar-refractivity contribution is 7.16. The summed E-state index contributed by atoms with van der Waals surface area (Å²) in [6.45, 7) is 3.29. The van der Waals surface area contributed by atoms with Gasteiger partial charge in [0.2, 0.25) is 0 Å². The van der Waals surface area contributed by atoms with Gasteiger partial charge in [0.05, 0.1) is 11.9 Å². The van der Waals surface area contributed by atoms with E-state index in [0.29, 0.717) is 5.82 Å². The molecule has 1 aliphatic carbocycles. The van der Waals surface area contributed by atoms with Gasteiger partial charge in [0, 0.05) is 13.1 Å². The van der Waals surface area contributed by atoms with E-state index in [0.717, 1.165) is 34.4 Å². The maximum Gasteiger partial charge on any atom is 0.146 e. The highest BCUT2D eigenvalue weighted by Gasteiger charge is 2.36. The molecule has 2 unspecified atom stereocenters. The van der Waals surface area contributed by atoms with Gasteiger partial charge in [0.15, 0.2) is 0 Å². The van der Waals surface area contributed by atoms with Crippen molar-refractivity contribution in [1.82, 2.24) is 14.9 Å². The first kappa shape index (κ1) is 11.6. The quantitative estimate of drug-likeness (QED) is 0.914. The molecule has 0 radical (unpaired) electrons. The number of likely N-dealkylation sites (tertiary alicyclic amines) is 1. The van der Waals surface area contributed by atoms with Gasteiger partial charge in [-0.3, -0.25) is 4.90 Å². The lowest BCUT2D eigenvalue weighted by molar-refractivity contribution is 0.296. The number of thiophene rings is 1. The molecule has 2 aromatic heterocycles. The van der Waals surface area contributed by atoms with Crippen LogP contribution in [-0.4, -0.2) is 28.0 Å². The van der Waals surface area contributed by atoms with Gasteiger partial charge in [-0.05, 0) is 36.1 Å². The minimum Gasteiger partial charge on any atom is -0.383 e. The monoisotopic (exact) mass is 274 g/mol. The second-order valence-corrected chi connectivity index (χ2v) is 6.70. The van der Waals surface area contributed by atoms with Crippen LogP contribution in [0.1, 0.15) is 25.1 Å². The van der Waals surface area contributed by atoms with Crippen LogP contribution in [0.2, 0.25) is 0 Å². The molecule has 2 atom stereocenters. The van der Waals surface area contributed by atoms with Gasteiger partial charge in [0.25, 0.3) is 0 Å². The van der Waals surface area contributed by atoms with Crippen LogP contribution in [0.25, 0.3) is 10.2 Å². The molecule has 0 amide bonds. The average molecular weight is 274 g/mol. The van der Waals surface area contributed by atoms with Crippen molar-refractivity contribution >= 4 is 27.4 Å². The van der Waals surface area contributed by atoms with Crippen LogP contribution in [0.15, 0.2) is 11.4 Å². The first-order valence-corrected chi connectivity index (χ1v) is 7.89. The molecule has 3 heterocycles. The molecule has 2 aromatic rings. The molecular weight excluding hydrogens is 256 g/mol. The van der Waals surface area contributed by atoms with E-state index in [1.807, 2.05) is 11.4 Å². The molecule has 2 N–H and O–H groups in total. The van der Waals surface area contributed by atoms with Gasteiger partial charge in [-0.2, -0.15) is 0 Å². The van der Waals surface area contributed by atoms with Crippen molar-refractivity contribution in [1.29, 1.82) is 0 Å². The molecule has 5 heteroatoms. The van der Waals surface area contributed by atoms with E-state index >= 15 is 0 Å². The number of nitrogens with two attached hydrogens (primary N) is 1. The van der Waals surface area contributed by atoms with Gasteiger partial charge >= 0.3 is 0 Å². The fourth-order valence-electron chi connectivity index (χ4n) is 3.66. The first-order valence-electron chi connectivity index (χ1n) is 7.01. The largest absolute Gasteiger partial charge is 0.383 e. The normalized spacial score (nSPS) is 27.2. The topological polar surface area (TPSA) is 55.0 Å². The maximum absolute atomic E-state index is 6.00. The molecule has 1 saturated carbocycles. The zero-order chi connectivity index (χ0) is 12.8. The number of nitrogens with zero attached hydrogens (tertiary/aromatic N) is 3. The van der Waals surface area contributed by atoms with Gasteiger partial charge < -0.3 is 5.73 Å². The highest BCUT2D eigenvalue weighted by atomic mass is 32.1. The summed E-state index contributed by atoms with van der Waals surface area (Å²) < 4.78 is 0. The maximum atomic E-state index is 6.00. The zero-order valence-electron chi connectivity index (χ0n) is 10.9. The number of rotatable bonds is 2. The summed E-state index contributed by atoms with van der Waals surface area (Å²) in [5, 5.41) is 3.02. The van der Waals surface area contributed by atoms with Crippen LogP contribution in [-0.2, 0) is 6.54 Å². The second kappa shape index (κ2) is 4.42. The number of hydrogen-bond donors (Lipinski definition) is 1. The summed E-state index contributed by atoms with van der Waals surface area (Å²) in [6, 6.07) is 2.00. The summed E-state index contributed by atoms with van der Waals surface area (Å²) in [6.07, 6.45) is 4.25. The fraction of sp³-hybridized carbons (Fsp3) is 0.571. The van der Waals surface area contributed by atoms with Gasteiger partial charge in [-0.15, -0.1) is 11.3 Å². The molecule has 4 rings (SSSR count). The summed E-state index contributed by atoms with van der Waals surface area (Å²) in [5.41, 5.74) is 6.00. The van der Waals surface area contributed by atoms with Crippen LogP contribution in [0.4, 0.5) is 5.82 Å². The molecule has 2 aliphatic rings. The number of aromatic nitrogens is 2. The molecule has 2 fully saturated rings. The Morgan fingerprint density at radius 1 is 1.26 bits per heavy atom. The standard InChI is InChI=1S/C14H18N4S/c15-13-11-4-5-19-14(11)17-12(16-13)8-18-6-9-2-1-3-10(9)7-18/h4-5,9-10H,1-3,6-8H2,(H2,15,16,17). The number of nitrogen functional groups attached to an aromatic ring is 1. The Balaban J connectivity index is 1.55. The summed E-state index contributed by atoms with van der Waals surface area (Å²) in [7, 11) is 0. The SMILES string of the molecule is Nc1nc(CN2CC3CCCC3C2)nc2sccc12. The Morgan fingerprint density at radius 2 is 2.05 bits per heavy atom. The summed E-state index contributed by atoms with van der Waals surface area (Å²) >= 11 is 1.64. The lowest BCUT2D eigenvalue weighted by Gasteiger charge is -2.15. The molecular formula is C14H18N4S. The molecule has 100 valence electrons. The van der Waals surface area contributed by atoms with Crippen molar-refractivity contribution in [2.45, 2.75) is 25.8 Å². The van der Waals surface area contributed by atoms with Gasteiger partial charge in [0.1, 0.15) is 16.5 Å². The Kier molecular flexibility index (Phi) is 2.70. The molecule has 0 aromatic carbocycles. The number of anilines is 1. The Bertz CT molecular complexity index is 597. The van der Waals surface area contributed by atoms with E-state index in [-0.39, 0.29) is 0 Å². The highest BCUT2D eigenvalue weighted by Crippen LogP contribution is 2.38. The second-order valence-electron chi connectivity index (χ2n) is 5.81. The van der Waals surface area contributed by atoms with Crippen molar-refractivity contribution in [3.63, 3.8) is 0 Å². The van der Waals surface area contributed by atoms with Crippen molar-refractivity contribution in [3.05, 3.63) is 17.3 Å². The minimum absolute atomic E-state index is 0.626. The lowest BCUT2D eigenvalue weighted by atomic mass is 10.0. The number of hydrogen-bond acceptors (Lipinski definition) is 5. The predicted molar refractivity (Wildman–Crippen MR) is 77.9 cm³/mol. The third-order valence-electron chi connectivity index (χ3n) is 4.57. The van der Waals surface area contributed by atoms with Crippen LogP contribution >= 0.6 is 11.3 Å². The first-order chi connectivity index (χ1) is 9.29. The lowest BCUT2D eigenvalue weighted by Crippen LogP contribution is -2.22. The summed E-state index contributed by atoms with van der Waals surface area (Å²) in [4.78, 5) is 12.6. The van der Waals surface area contributed by atoms with Crippen LogP contribution in [0, 0.1) is 11.8 Å². The van der Waals surface area contributed by atoms with E-state index in [1.54, 1.807) is 11.3 Å². The van der Waals surface area contributed by atoms with Gasteiger partial charge in [-0.1, -0.05) is 6.42 Å². The van der Waals surface area contributed by atoms with Crippen molar-refractivity contribution < 1.29 is 0 Å². The molecule has 4 nitrogen and oxygen atoms in total. The van der Waals surface area contributed by atoms with E-state index in [9.17, 15) is 0 Å². The smallest absolute Gasteiger partial charge is 0.146 e. The van der Waals surface area contributed by atoms with E-state index in [2.05, 4.69) is 14.9 Å². The molecule has 19 heavy (non-hydrogen) atoms. The predicted octanol–water partition coefficient (Wildman–Crippen LogP) is 2.51. The number of fused-ring (bicyclic) bond motifs is 2. The van der Waals surface area contributed by atoms with Crippen LogP contribution < -0.4 is 5.73 Å². The Morgan fingerprint density at radius 3 is 2.84 bits per heavy atom. The Labute approximate surface area is 116 Å². The molecule has 0 bridgehead atoms.